The summed E-state index contributed by atoms with van der Waals surface area (Å²) in [7, 11) is 2.30. The molecule has 0 aromatic heterocycles. The summed E-state index contributed by atoms with van der Waals surface area (Å²) >= 11 is 4.60. The van der Waals surface area contributed by atoms with E-state index in [1.807, 2.05) is 20.8 Å². The largest absolute Gasteiger partial charge is 0.352 e. The molecular formula is C20H45N2OS+. The quantitative estimate of drug-likeness (QED) is 0.443. The summed E-state index contributed by atoms with van der Waals surface area (Å²) in [6.45, 7) is 22.4. The minimum atomic E-state index is -0.607. The van der Waals surface area contributed by atoms with Crippen LogP contribution in [0.25, 0.3) is 0 Å². The van der Waals surface area contributed by atoms with Gasteiger partial charge in [-0.15, -0.1) is 0 Å². The van der Waals surface area contributed by atoms with Gasteiger partial charge >= 0.3 is 0 Å². The van der Waals surface area contributed by atoms with E-state index in [0.29, 0.717) is 0 Å². The second-order valence-electron chi connectivity index (χ2n) is 8.50. The van der Waals surface area contributed by atoms with Crippen molar-refractivity contribution in [1.82, 2.24) is 5.32 Å². The molecule has 146 valence electrons. The number of rotatable bonds is 9. The normalized spacial score (nSPS) is 15.8. The van der Waals surface area contributed by atoms with E-state index < -0.39 is 4.75 Å². The summed E-state index contributed by atoms with van der Waals surface area (Å²) in [4.78, 5) is 12.4. The van der Waals surface area contributed by atoms with Gasteiger partial charge in [0.05, 0.1) is 31.4 Å². The Morgan fingerprint density at radius 1 is 1.12 bits per heavy atom. The molecule has 0 spiro atoms. The predicted octanol–water partition coefficient (Wildman–Crippen LogP) is 4.91. The molecule has 1 amide bonds. The van der Waals surface area contributed by atoms with Crippen LogP contribution in [0.3, 0.4) is 0 Å². The Hall–Kier alpha value is -0.220. The van der Waals surface area contributed by atoms with E-state index in [-0.39, 0.29) is 17.4 Å². The highest BCUT2D eigenvalue weighted by atomic mass is 32.1. The molecule has 1 N–H and O–H groups in total. The van der Waals surface area contributed by atoms with Gasteiger partial charge in [0.25, 0.3) is 0 Å². The van der Waals surface area contributed by atoms with E-state index >= 15 is 0 Å². The van der Waals surface area contributed by atoms with Crippen LogP contribution in [0.1, 0.15) is 81.6 Å². The molecular weight excluding hydrogens is 316 g/mol. The van der Waals surface area contributed by atoms with Gasteiger partial charge in [-0.1, -0.05) is 34.6 Å². The molecule has 3 nitrogen and oxygen atoms in total. The van der Waals surface area contributed by atoms with Crippen molar-refractivity contribution in [3.63, 3.8) is 0 Å². The van der Waals surface area contributed by atoms with Crippen molar-refractivity contribution < 1.29 is 9.28 Å². The molecule has 0 fully saturated rings. The lowest BCUT2D eigenvalue weighted by Crippen LogP contribution is -2.47. The summed E-state index contributed by atoms with van der Waals surface area (Å²) in [6, 6.07) is 0.209. The van der Waals surface area contributed by atoms with Gasteiger partial charge in [-0.2, -0.15) is 12.6 Å². The summed E-state index contributed by atoms with van der Waals surface area (Å²) in [5.74, 6) is 0.0569. The first-order valence-corrected chi connectivity index (χ1v) is 10.2. The molecule has 0 saturated carbocycles. The third-order valence-corrected chi connectivity index (χ3v) is 4.96. The molecule has 0 radical (unpaired) electrons. The van der Waals surface area contributed by atoms with Crippen molar-refractivity contribution in [2.75, 3.05) is 26.7 Å². The molecule has 2 unspecified atom stereocenters. The van der Waals surface area contributed by atoms with E-state index in [9.17, 15) is 4.79 Å². The van der Waals surface area contributed by atoms with E-state index in [1.165, 1.54) is 6.54 Å². The number of nitrogens with one attached hydrogen (secondary N) is 1. The van der Waals surface area contributed by atoms with Crippen molar-refractivity contribution >= 4 is 18.5 Å². The lowest BCUT2D eigenvalue weighted by atomic mass is 9.84. The summed E-state index contributed by atoms with van der Waals surface area (Å²) in [6.07, 6.45) is 2.93. The molecule has 0 aliphatic rings. The fourth-order valence-corrected chi connectivity index (χ4v) is 3.42. The second kappa shape index (κ2) is 11.4. The minimum Gasteiger partial charge on any atom is -0.352 e. The second-order valence-corrected chi connectivity index (χ2v) is 9.49. The van der Waals surface area contributed by atoms with Gasteiger partial charge in [0.15, 0.2) is 0 Å². The zero-order valence-electron chi connectivity index (χ0n) is 18.1. The first kappa shape index (κ1) is 26.0. The molecule has 0 aliphatic heterocycles. The first-order chi connectivity index (χ1) is 10.9. The first-order valence-electron chi connectivity index (χ1n) is 9.72. The highest BCUT2D eigenvalue weighted by molar-refractivity contribution is 7.82. The maximum Gasteiger partial charge on any atom is 0.235 e. The Balaban J connectivity index is 0. The van der Waals surface area contributed by atoms with Gasteiger partial charge in [-0.05, 0) is 52.4 Å². The van der Waals surface area contributed by atoms with Crippen LogP contribution in [0.4, 0.5) is 0 Å². The molecule has 24 heavy (non-hydrogen) atoms. The van der Waals surface area contributed by atoms with Crippen molar-refractivity contribution in [3.05, 3.63) is 0 Å². The van der Waals surface area contributed by atoms with Crippen LogP contribution in [0, 0.1) is 5.41 Å². The zero-order valence-corrected chi connectivity index (χ0v) is 19.0. The lowest BCUT2D eigenvalue weighted by molar-refractivity contribution is -0.906. The van der Waals surface area contributed by atoms with E-state index in [1.54, 1.807) is 0 Å². The molecule has 4 heteroatoms. The van der Waals surface area contributed by atoms with Crippen molar-refractivity contribution in [2.45, 2.75) is 92.4 Å². The maximum atomic E-state index is 12.4. The molecule has 0 aromatic carbocycles. The van der Waals surface area contributed by atoms with Gasteiger partial charge in [0, 0.05) is 6.04 Å². The topological polar surface area (TPSA) is 29.1 Å². The molecule has 0 bridgehead atoms. The molecule has 0 heterocycles. The fourth-order valence-electron chi connectivity index (χ4n) is 2.88. The fraction of sp³-hybridized carbons (Fsp3) is 0.950. The minimum absolute atomic E-state index is 0.0569. The summed E-state index contributed by atoms with van der Waals surface area (Å²) in [5, 5.41) is 3.14. The van der Waals surface area contributed by atoms with Crippen LogP contribution in [-0.4, -0.2) is 47.9 Å². The standard InChI is InChI=1S/C18H38N2OS.C2H6/c1-9-20(8,10-2)13-11-12-15(3)19-16(21)18(7,22)14-17(4,5)6;1-2/h15H,9-14H2,1-8H3,(H-,19,21,22);1-2H3/p+1. The highest BCUT2D eigenvalue weighted by Gasteiger charge is 2.34. The van der Waals surface area contributed by atoms with Crippen LogP contribution in [0.5, 0.6) is 0 Å². The van der Waals surface area contributed by atoms with Crippen LogP contribution in [-0.2, 0) is 4.79 Å². The number of thiol groups is 1. The third-order valence-electron chi connectivity index (χ3n) is 4.60. The Labute approximate surface area is 158 Å². The van der Waals surface area contributed by atoms with Crippen LogP contribution < -0.4 is 5.32 Å². The summed E-state index contributed by atoms with van der Waals surface area (Å²) in [5.41, 5.74) is 0.0959. The van der Waals surface area contributed by atoms with Crippen LogP contribution in [0.2, 0.25) is 0 Å². The van der Waals surface area contributed by atoms with Gasteiger partial charge in [-0.25, -0.2) is 0 Å². The monoisotopic (exact) mass is 361 g/mol. The highest BCUT2D eigenvalue weighted by Crippen LogP contribution is 2.31. The third kappa shape index (κ3) is 11.4. The molecule has 0 rings (SSSR count). The van der Waals surface area contributed by atoms with Crippen LogP contribution >= 0.6 is 12.6 Å². The van der Waals surface area contributed by atoms with Crippen molar-refractivity contribution in [2.24, 2.45) is 5.41 Å². The van der Waals surface area contributed by atoms with Gasteiger partial charge in [0.1, 0.15) is 0 Å². The predicted molar refractivity (Wildman–Crippen MR) is 112 cm³/mol. The van der Waals surface area contributed by atoms with E-state index in [4.69, 9.17) is 0 Å². The Kier molecular flexibility index (Phi) is 12.4. The number of amides is 1. The molecule has 0 aromatic rings. The average molecular weight is 362 g/mol. The number of carbonyl (C=O) groups is 1. The van der Waals surface area contributed by atoms with Gasteiger partial charge in [0.2, 0.25) is 5.91 Å². The Morgan fingerprint density at radius 3 is 1.96 bits per heavy atom. The number of quaternary nitrogens is 1. The Morgan fingerprint density at radius 2 is 1.58 bits per heavy atom. The average Bonchev–Trinajstić information content (AvgIpc) is 2.46. The number of nitrogens with zero attached hydrogens (tertiary/aromatic N) is 1. The van der Waals surface area contributed by atoms with Gasteiger partial charge in [-0.3, -0.25) is 4.79 Å². The molecule has 0 saturated heterocycles. The number of hydrogen-bond acceptors (Lipinski definition) is 2. The van der Waals surface area contributed by atoms with E-state index in [2.05, 4.69) is 66.5 Å². The van der Waals surface area contributed by atoms with Crippen molar-refractivity contribution in [1.29, 1.82) is 0 Å². The Bertz CT molecular complexity index is 344. The smallest absolute Gasteiger partial charge is 0.235 e. The lowest BCUT2D eigenvalue weighted by Gasteiger charge is -2.33. The van der Waals surface area contributed by atoms with Crippen LogP contribution in [0.15, 0.2) is 0 Å². The van der Waals surface area contributed by atoms with E-state index in [0.717, 1.165) is 36.8 Å². The maximum absolute atomic E-state index is 12.4. The van der Waals surface area contributed by atoms with Gasteiger partial charge < -0.3 is 9.80 Å². The zero-order chi connectivity index (χ0) is 19.6. The summed E-state index contributed by atoms with van der Waals surface area (Å²) < 4.78 is 0.499. The molecule has 0 aliphatic carbocycles. The number of carbonyl (C=O) groups excluding carboxylic acids is 1. The van der Waals surface area contributed by atoms with Crippen molar-refractivity contribution in [3.8, 4) is 0 Å². The SMILES string of the molecule is CC.CC[N+](C)(CC)CCCC(C)NC(=O)C(C)(S)CC(C)(C)C. The number of hydrogen-bond donors (Lipinski definition) is 2. The molecule has 2 atom stereocenters.